The summed E-state index contributed by atoms with van der Waals surface area (Å²) in [5, 5.41) is 3.67. The molecule has 7 heteroatoms. The van der Waals surface area contributed by atoms with Crippen LogP contribution >= 0.6 is 23.2 Å². The van der Waals surface area contributed by atoms with Gasteiger partial charge in [-0.25, -0.2) is 0 Å². The second-order valence-electron chi connectivity index (χ2n) is 5.19. The molecule has 0 atom stereocenters. The first-order valence-corrected chi connectivity index (χ1v) is 8.15. The number of rotatable bonds is 5. The maximum atomic E-state index is 12.1. The zero-order valence-corrected chi connectivity index (χ0v) is 14.2. The van der Waals surface area contributed by atoms with Crippen molar-refractivity contribution >= 4 is 40.7 Å². The Hall–Kier alpha value is -1.72. The quantitative estimate of drug-likeness (QED) is 0.824. The summed E-state index contributed by atoms with van der Waals surface area (Å²) >= 11 is 12.3. The number of hydrogen-bond donors (Lipinski definition) is 1. The Balaban J connectivity index is 1.83. The maximum absolute atomic E-state index is 12.1. The molecule has 0 spiro atoms. The lowest BCUT2D eigenvalue weighted by atomic mass is 10.2. The van der Waals surface area contributed by atoms with E-state index in [1.165, 1.54) is 6.08 Å². The van der Waals surface area contributed by atoms with Crippen LogP contribution in [0.25, 0.3) is 0 Å². The van der Waals surface area contributed by atoms with Gasteiger partial charge in [0, 0.05) is 39.1 Å². The van der Waals surface area contributed by atoms with E-state index in [-0.39, 0.29) is 18.2 Å². The van der Waals surface area contributed by atoms with Crippen molar-refractivity contribution < 1.29 is 9.59 Å². The largest absolute Gasteiger partial charge is 0.367 e. The van der Waals surface area contributed by atoms with Crippen molar-refractivity contribution in [3.05, 3.63) is 40.9 Å². The lowest BCUT2D eigenvalue weighted by molar-refractivity contribution is -0.131. The van der Waals surface area contributed by atoms with Crippen LogP contribution in [0.1, 0.15) is 6.42 Å². The molecule has 1 heterocycles. The first-order chi connectivity index (χ1) is 11.0. The number of nitrogens with zero attached hydrogens (tertiary/aromatic N) is 2. The third-order valence-electron chi connectivity index (χ3n) is 3.73. The van der Waals surface area contributed by atoms with E-state index in [2.05, 4.69) is 16.8 Å². The molecule has 1 aliphatic rings. The van der Waals surface area contributed by atoms with Crippen LogP contribution in [0.5, 0.6) is 0 Å². The Kier molecular flexibility index (Phi) is 6.30. The molecule has 0 aromatic heterocycles. The number of nitrogens with one attached hydrogen (secondary N) is 1. The van der Waals surface area contributed by atoms with Crippen molar-refractivity contribution in [3.8, 4) is 0 Å². The van der Waals surface area contributed by atoms with E-state index in [4.69, 9.17) is 23.2 Å². The highest BCUT2D eigenvalue weighted by molar-refractivity contribution is 6.43. The molecule has 1 fully saturated rings. The molecule has 1 aromatic rings. The summed E-state index contributed by atoms with van der Waals surface area (Å²) in [6.45, 7) is 6.33. The van der Waals surface area contributed by atoms with Crippen molar-refractivity contribution in [2.75, 3.05) is 37.6 Å². The molecule has 0 saturated carbocycles. The second-order valence-corrected chi connectivity index (χ2v) is 5.97. The Labute approximate surface area is 145 Å². The Morgan fingerprint density at radius 3 is 2.57 bits per heavy atom. The highest BCUT2D eigenvalue weighted by Crippen LogP contribution is 2.32. The van der Waals surface area contributed by atoms with Crippen LogP contribution in [0.4, 0.5) is 5.69 Å². The van der Waals surface area contributed by atoms with Crippen LogP contribution in [-0.2, 0) is 9.59 Å². The van der Waals surface area contributed by atoms with Crippen LogP contribution in [-0.4, -0.2) is 49.4 Å². The van der Waals surface area contributed by atoms with Gasteiger partial charge in [-0.2, -0.15) is 0 Å². The SMILES string of the molecule is C=CC(=O)NCCC(=O)N1CCN(c2cccc(Cl)c2Cl)CC1. The van der Waals surface area contributed by atoms with Gasteiger partial charge in [0.05, 0.1) is 15.7 Å². The van der Waals surface area contributed by atoms with Crippen molar-refractivity contribution in [3.63, 3.8) is 0 Å². The summed E-state index contributed by atoms with van der Waals surface area (Å²) in [7, 11) is 0. The summed E-state index contributed by atoms with van der Waals surface area (Å²) in [6, 6.07) is 5.55. The predicted octanol–water partition coefficient (Wildman–Crippen LogP) is 2.33. The number of hydrogen-bond acceptors (Lipinski definition) is 3. The van der Waals surface area contributed by atoms with Gasteiger partial charge in [0.2, 0.25) is 11.8 Å². The van der Waals surface area contributed by atoms with Gasteiger partial charge in [-0.05, 0) is 18.2 Å². The van der Waals surface area contributed by atoms with Gasteiger partial charge in [0.1, 0.15) is 0 Å². The number of amides is 2. The molecule has 1 aliphatic heterocycles. The standard InChI is InChI=1S/C16H19Cl2N3O2/c1-2-14(22)19-7-6-15(23)21-10-8-20(9-11-21)13-5-3-4-12(17)16(13)18/h2-5H,1,6-11H2,(H,19,22). The molecule has 0 aliphatic carbocycles. The van der Waals surface area contributed by atoms with Crippen LogP contribution in [0.15, 0.2) is 30.9 Å². The Bertz CT molecular complexity index is 599. The van der Waals surface area contributed by atoms with Gasteiger partial charge in [-0.3, -0.25) is 9.59 Å². The lowest BCUT2D eigenvalue weighted by Crippen LogP contribution is -2.49. The maximum Gasteiger partial charge on any atom is 0.243 e. The fraction of sp³-hybridized carbons (Fsp3) is 0.375. The van der Waals surface area contributed by atoms with Crippen molar-refractivity contribution in [2.24, 2.45) is 0 Å². The molecule has 0 bridgehead atoms. The molecular weight excluding hydrogens is 337 g/mol. The summed E-state index contributed by atoms with van der Waals surface area (Å²) in [6.07, 6.45) is 1.48. The third-order valence-corrected chi connectivity index (χ3v) is 4.54. The van der Waals surface area contributed by atoms with E-state index < -0.39 is 0 Å². The average molecular weight is 356 g/mol. The summed E-state index contributed by atoms with van der Waals surface area (Å²) in [5.74, 6) is -0.232. The van der Waals surface area contributed by atoms with Gasteiger partial charge in [0.25, 0.3) is 0 Å². The summed E-state index contributed by atoms with van der Waals surface area (Å²) in [5.41, 5.74) is 0.893. The predicted molar refractivity (Wildman–Crippen MR) is 93.1 cm³/mol. The monoisotopic (exact) mass is 355 g/mol. The van der Waals surface area contributed by atoms with Crippen molar-refractivity contribution in [1.29, 1.82) is 0 Å². The number of anilines is 1. The highest BCUT2D eigenvalue weighted by atomic mass is 35.5. The van der Waals surface area contributed by atoms with Crippen LogP contribution in [0.3, 0.4) is 0 Å². The smallest absolute Gasteiger partial charge is 0.243 e. The molecule has 1 saturated heterocycles. The Morgan fingerprint density at radius 1 is 1.22 bits per heavy atom. The summed E-state index contributed by atoms with van der Waals surface area (Å²) < 4.78 is 0. The molecule has 1 N–H and O–H groups in total. The number of carbonyl (C=O) groups excluding carboxylic acids is 2. The first-order valence-electron chi connectivity index (χ1n) is 7.40. The molecule has 2 rings (SSSR count). The van der Waals surface area contributed by atoms with E-state index in [1.807, 2.05) is 12.1 Å². The van der Waals surface area contributed by atoms with Crippen molar-refractivity contribution in [1.82, 2.24) is 10.2 Å². The van der Waals surface area contributed by atoms with Gasteiger partial charge in [-0.1, -0.05) is 35.8 Å². The molecule has 5 nitrogen and oxygen atoms in total. The van der Waals surface area contributed by atoms with Crippen LogP contribution in [0, 0.1) is 0 Å². The molecular formula is C16H19Cl2N3O2. The molecule has 124 valence electrons. The van der Waals surface area contributed by atoms with E-state index in [0.717, 1.165) is 5.69 Å². The highest BCUT2D eigenvalue weighted by Gasteiger charge is 2.22. The van der Waals surface area contributed by atoms with E-state index >= 15 is 0 Å². The molecule has 0 radical (unpaired) electrons. The minimum atomic E-state index is -0.266. The average Bonchev–Trinajstić information content (AvgIpc) is 2.57. The minimum absolute atomic E-state index is 0.0335. The van der Waals surface area contributed by atoms with Gasteiger partial charge in [0.15, 0.2) is 0 Å². The van der Waals surface area contributed by atoms with Gasteiger partial charge >= 0.3 is 0 Å². The zero-order chi connectivity index (χ0) is 16.8. The van der Waals surface area contributed by atoms with Crippen molar-refractivity contribution in [2.45, 2.75) is 6.42 Å². The topological polar surface area (TPSA) is 52.7 Å². The lowest BCUT2D eigenvalue weighted by Gasteiger charge is -2.36. The van der Waals surface area contributed by atoms with E-state index in [1.54, 1.807) is 11.0 Å². The molecule has 2 amide bonds. The van der Waals surface area contributed by atoms with Gasteiger partial charge in [-0.15, -0.1) is 0 Å². The second kappa shape index (κ2) is 8.22. The first kappa shape index (κ1) is 17.6. The minimum Gasteiger partial charge on any atom is -0.367 e. The number of carbonyl (C=O) groups is 2. The molecule has 23 heavy (non-hydrogen) atoms. The number of halogens is 2. The van der Waals surface area contributed by atoms with Gasteiger partial charge < -0.3 is 15.1 Å². The van der Waals surface area contributed by atoms with E-state index in [0.29, 0.717) is 42.8 Å². The number of piperazine rings is 1. The van der Waals surface area contributed by atoms with E-state index in [9.17, 15) is 9.59 Å². The normalized spacial score (nSPS) is 14.5. The van der Waals surface area contributed by atoms with Crippen LogP contribution in [0.2, 0.25) is 10.0 Å². The van der Waals surface area contributed by atoms with Crippen LogP contribution < -0.4 is 10.2 Å². The third kappa shape index (κ3) is 4.62. The summed E-state index contributed by atoms with van der Waals surface area (Å²) in [4.78, 5) is 27.1. The molecule has 0 unspecified atom stereocenters. The Morgan fingerprint density at radius 2 is 1.91 bits per heavy atom. The molecule has 1 aromatic carbocycles. The fourth-order valence-electron chi connectivity index (χ4n) is 2.46. The number of benzene rings is 1. The zero-order valence-electron chi connectivity index (χ0n) is 12.7. The fourth-order valence-corrected chi connectivity index (χ4v) is 2.87.